The monoisotopic (exact) mass is 447 g/mol. The van der Waals surface area contributed by atoms with Crippen LogP contribution in [0, 0.1) is 0 Å². The van der Waals surface area contributed by atoms with Crippen molar-refractivity contribution in [2.24, 2.45) is 0 Å². The van der Waals surface area contributed by atoms with Crippen LogP contribution >= 0.6 is 15.9 Å². The number of piperidine rings is 1. The number of aliphatic hydroxyl groups is 1. The highest BCUT2D eigenvalue weighted by Gasteiger charge is 2.46. The highest BCUT2D eigenvalue weighted by Crippen LogP contribution is 2.35. The second-order valence-electron chi connectivity index (χ2n) is 7.51. The van der Waals surface area contributed by atoms with E-state index in [-0.39, 0.29) is 37.4 Å². The van der Waals surface area contributed by atoms with Crippen LogP contribution in [-0.4, -0.2) is 59.6 Å². The minimum absolute atomic E-state index is 0.124. The van der Waals surface area contributed by atoms with Gasteiger partial charge in [0.2, 0.25) is 10.0 Å². The Morgan fingerprint density at radius 3 is 2.15 bits per heavy atom. The molecular formula is C17H24BrN2O5S-. The summed E-state index contributed by atoms with van der Waals surface area (Å²) >= 11 is 3.28. The van der Waals surface area contributed by atoms with Crippen LogP contribution in [0.2, 0.25) is 0 Å². The molecule has 1 aromatic carbocycles. The first-order chi connectivity index (χ1) is 11.9. The molecule has 0 atom stereocenters. The van der Waals surface area contributed by atoms with Crippen molar-refractivity contribution in [3.63, 3.8) is 0 Å². The molecule has 7 nitrogen and oxygen atoms in total. The lowest BCUT2D eigenvalue weighted by molar-refractivity contribution is -0.281. The molecule has 2 rings (SSSR count). The Hall–Kier alpha value is -1.16. The van der Waals surface area contributed by atoms with Gasteiger partial charge >= 0.3 is 0 Å². The van der Waals surface area contributed by atoms with Crippen LogP contribution in [0.25, 0.3) is 0 Å². The summed E-state index contributed by atoms with van der Waals surface area (Å²) in [6.45, 7) is 5.05. The molecule has 1 aliphatic heterocycles. The molecule has 0 aromatic heterocycles. The van der Waals surface area contributed by atoms with Crippen LogP contribution in [0.4, 0.5) is 4.79 Å². The van der Waals surface area contributed by atoms with Crippen molar-refractivity contribution in [2.45, 2.75) is 49.6 Å². The summed E-state index contributed by atoms with van der Waals surface area (Å²) in [4.78, 5) is 13.1. The molecular weight excluding hydrogens is 424 g/mol. The Balaban J connectivity index is 2.25. The smallest absolute Gasteiger partial charge is 0.243 e. The highest BCUT2D eigenvalue weighted by molar-refractivity contribution is 9.10. The number of benzene rings is 1. The van der Waals surface area contributed by atoms with E-state index in [1.807, 2.05) is 0 Å². The number of aliphatic hydroxyl groups excluding tert-OH is 1. The molecule has 0 saturated carbocycles. The fourth-order valence-corrected chi connectivity index (χ4v) is 5.24. The van der Waals surface area contributed by atoms with Crippen molar-refractivity contribution in [3.8, 4) is 0 Å². The first kappa shape index (κ1) is 21.1. The minimum Gasteiger partial charge on any atom is -0.530 e. The topological polar surface area (TPSA) is 101 Å². The van der Waals surface area contributed by atoms with E-state index in [1.165, 1.54) is 16.4 Å². The Morgan fingerprint density at radius 1 is 1.27 bits per heavy atom. The molecule has 1 saturated heterocycles. The number of amides is 1. The summed E-state index contributed by atoms with van der Waals surface area (Å²) < 4.78 is 27.7. The Bertz CT molecular complexity index is 750. The van der Waals surface area contributed by atoms with Crippen molar-refractivity contribution < 1.29 is 23.4 Å². The van der Waals surface area contributed by atoms with Crippen molar-refractivity contribution in [1.29, 1.82) is 0 Å². The van der Waals surface area contributed by atoms with E-state index in [4.69, 9.17) is 0 Å². The third-order valence-corrected chi connectivity index (χ3v) is 7.17. The first-order valence-corrected chi connectivity index (χ1v) is 10.6. The van der Waals surface area contributed by atoms with Crippen LogP contribution in [0.5, 0.6) is 0 Å². The molecule has 1 N–H and O–H groups in total. The second-order valence-corrected chi connectivity index (χ2v) is 10.4. The Morgan fingerprint density at radius 2 is 1.77 bits per heavy atom. The molecule has 0 aliphatic carbocycles. The maximum atomic E-state index is 12.8. The quantitative estimate of drug-likeness (QED) is 0.751. The van der Waals surface area contributed by atoms with Crippen LogP contribution in [-0.2, 0) is 10.0 Å². The van der Waals surface area contributed by atoms with Gasteiger partial charge in [0.25, 0.3) is 0 Å². The van der Waals surface area contributed by atoms with Crippen LogP contribution in [0.3, 0.4) is 0 Å². The largest absolute Gasteiger partial charge is 0.530 e. The standard InChI is InChI=1S/C17H25BrN2O5S/c1-16(2,3)20(15(22)23)17(12-21)8-10-19(11-9-17)26(24,25)14-6-4-13(18)5-7-14/h4-7,21H,8-12H2,1-3H3,(H,22,23)/p-1. The summed E-state index contributed by atoms with van der Waals surface area (Å²) in [6.07, 6.45) is -0.967. The van der Waals surface area contributed by atoms with Gasteiger partial charge in [-0.2, -0.15) is 4.31 Å². The third kappa shape index (κ3) is 4.05. The summed E-state index contributed by atoms with van der Waals surface area (Å²) in [5.41, 5.74) is -1.82. The lowest BCUT2D eigenvalue weighted by Gasteiger charge is -2.54. The van der Waals surface area contributed by atoms with Gasteiger partial charge in [-0.3, -0.25) is 0 Å². The van der Waals surface area contributed by atoms with Crippen molar-refractivity contribution >= 4 is 32.0 Å². The van der Waals surface area contributed by atoms with Crippen LogP contribution in [0.1, 0.15) is 33.6 Å². The molecule has 1 fully saturated rings. The number of sulfonamides is 1. The van der Waals surface area contributed by atoms with Gasteiger partial charge < -0.3 is 19.9 Å². The van der Waals surface area contributed by atoms with Gasteiger partial charge in [-0.25, -0.2) is 8.42 Å². The van der Waals surface area contributed by atoms with E-state index in [2.05, 4.69) is 15.9 Å². The maximum Gasteiger partial charge on any atom is 0.243 e. The maximum absolute atomic E-state index is 12.8. The minimum atomic E-state index is -3.67. The van der Waals surface area contributed by atoms with E-state index in [0.717, 1.165) is 9.37 Å². The average Bonchev–Trinajstić information content (AvgIpc) is 2.54. The van der Waals surface area contributed by atoms with Gasteiger partial charge in [0.15, 0.2) is 0 Å². The summed E-state index contributed by atoms with van der Waals surface area (Å²) in [6, 6.07) is 6.37. The van der Waals surface area contributed by atoms with Gasteiger partial charge in [-0.15, -0.1) is 0 Å². The number of hydrogen-bond acceptors (Lipinski definition) is 5. The van der Waals surface area contributed by atoms with Crippen molar-refractivity contribution in [3.05, 3.63) is 28.7 Å². The SMILES string of the molecule is CC(C)(C)N(C(=O)[O-])C1(CO)CCN(S(=O)(=O)c2ccc(Br)cc2)CC1. The molecule has 26 heavy (non-hydrogen) atoms. The molecule has 0 spiro atoms. The predicted octanol–water partition coefficient (Wildman–Crippen LogP) is 1.41. The zero-order chi connectivity index (χ0) is 19.8. The number of rotatable bonds is 4. The Labute approximate surface area is 162 Å². The molecule has 146 valence electrons. The predicted molar refractivity (Wildman–Crippen MR) is 98.9 cm³/mol. The molecule has 0 radical (unpaired) electrons. The van der Waals surface area contributed by atoms with Crippen LogP contribution < -0.4 is 5.11 Å². The Kier molecular flexibility index (Phi) is 6.06. The van der Waals surface area contributed by atoms with Gasteiger partial charge in [0, 0.05) is 23.1 Å². The number of carbonyl (C=O) groups excluding carboxylic acids is 1. The van der Waals surface area contributed by atoms with Gasteiger partial charge in [0.1, 0.15) is 6.09 Å². The van der Waals surface area contributed by atoms with Gasteiger partial charge in [0.05, 0.1) is 17.0 Å². The number of nitrogens with zero attached hydrogens (tertiary/aromatic N) is 2. The normalized spacial score (nSPS) is 18.5. The second kappa shape index (κ2) is 7.46. The van der Waals surface area contributed by atoms with E-state index < -0.39 is 27.2 Å². The number of hydrogen-bond donors (Lipinski definition) is 1. The van der Waals surface area contributed by atoms with Crippen molar-refractivity contribution in [2.75, 3.05) is 19.7 Å². The highest BCUT2D eigenvalue weighted by atomic mass is 79.9. The fourth-order valence-electron chi connectivity index (χ4n) is 3.53. The lowest BCUT2D eigenvalue weighted by atomic mass is 9.84. The molecule has 1 amide bonds. The van der Waals surface area contributed by atoms with E-state index in [0.29, 0.717) is 0 Å². The van der Waals surface area contributed by atoms with E-state index in [9.17, 15) is 23.4 Å². The number of carbonyl (C=O) groups is 1. The summed E-state index contributed by atoms with van der Waals surface area (Å²) in [5.74, 6) is 0. The zero-order valence-electron chi connectivity index (χ0n) is 15.1. The molecule has 9 heteroatoms. The lowest BCUT2D eigenvalue weighted by Crippen LogP contribution is -2.67. The fraction of sp³-hybridized carbons (Fsp3) is 0.588. The molecule has 0 bridgehead atoms. The molecule has 1 heterocycles. The van der Waals surface area contributed by atoms with E-state index >= 15 is 0 Å². The zero-order valence-corrected chi connectivity index (χ0v) is 17.5. The van der Waals surface area contributed by atoms with Gasteiger partial charge in [-0.05, 0) is 57.9 Å². The van der Waals surface area contributed by atoms with Crippen molar-refractivity contribution in [1.82, 2.24) is 9.21 Å². The summed E-state index contributed by atoms with van der Waals surface area (Å²) in [5, 5.41) is 21.7. The molecule has 0 unspecified atom stereocenters. The number of halogens is 1. The van der Waals surface area contributed by atoms with E-state index in [1.54, 1.807) is 32.9 Å². The molecule has 1 aromatic rings. The number of carboxylic acid groups (broad SMARTS) is 1. The third-order valence-electron chi connectivity index (χ3n) is 4.73. The summed E-state index contributed by atoms with van der Waals surface area (Å²) in [7, 11) is -3.67. The first-order valence-electron chi connectivity index (χ1n) is 8.32. The van der Waals surface area contributed by atoms with Gasteiger partial charge in [-0.1, -0.05) is 15.9 Å². The average molecular weight is 448 g/mol. The van der Waals surface area contributed by atoms with Crippen LogP contribution in [0.15, 0.2) is 33.6 Å². The molecule has 1 aliphatic rings.